The molecule has 2 aliphatic carbocycles. The minimum atomic E-state index is -1.58. The number of allylic oxidation sites excluding steroid dienone is 1. The predicted octanol–water partition coefficient (Wildman–Crippen LogP) is 9.92. The monoisotopic (exact) mass is 915 g/mol. The zero-order valence-corrected chi connectivity index (χ0v) is 37.7. The molecular formula is C54H59F2N3O8. The summed E-state index contributed by atoms with van der Waals surface area (Å²) in [5.74, 6) is -2.74. The lowest BCUT2D eigenvalue weighted by Crippen LogP contribution is -2.70. The van der Waals surface area contributed by atoms with E-state index in [9.17, 15) is 24.3 Å². The van der Waals surface area contributed by atoms with Crippen LogP contribution in [0.4, 0.5) is 8.78 Å². The second-order valence-corrected chi connectivity index (χ2v) is 17.8. The maximum absolute atomic E-state index is 15.3. The fraction of sp³-hybridized carbons (Fsp3) is 0.426. The molecule has 2 fully saturated rings. The largest absolute Gasteiger partial charge is 0.489 e. The van der Waals surface area contributed by atoms with Crippen molar-refractivity contribution in [3.05, 3.63) is 155 Å². The Morgan fingerprint density at radius 3 is 2.46 bits per heavy atom. The number of ether oxygens (including phenoxy) is 4. The molecule has 2 heterocycles. The third kappa shape index (κ3) is 10.6. The van der Waals surface area contributed by atoms with E-state index in [0.717, 1.165) is 49.7 Å². The van der Waals surface area contributed by atoms with Crippen LogP contribution in [0, 0.1) is 40.7 Å². The van der Waals surface area contributed by atoms with Crippen molar-refractivity contribution in [1.29, 1.82) is 5.26 Å². The highest BCUT2D eigenvalue weighted by Gasteiger charge is 2.65. The number of carbonyl (C=O) groups is 1. The molecule has 4 aromatic rings. The Hall–Kier alpha value is -5.91. The van der Waals surface area contributed by atoms with Gasteiger partial charge in [-0.2, -0.15) is 5.26 Å². The second-order valence-electron chi connectivity index (χ2n) is 17.8. The lowest BCUT2D eigenvalue weighted by Gasteiger charge is -2.60. The van der Waals surface area contributed by atoms with Crippen LogP contribution in [-0.4, -0.2) is 71.3 Å². The van der Waals surface area contributed by atoms with Gasteiger partial charge in [-0.15, -0.1) is 6.58 Å². The molecule has 0 aromatic heterocycles. The summed E-state index contributed by atoms with van der Waals surface area (Å²) in [7, 11) is 0. The second kappa shape index (κ2) is 22.3. The van der Waals surface area contributed by atoms with Crippen LogP contribution < -0.4 is 9.47 Å². The Labute approximate surface area is 391 Å². The van der Waals surface area contributed by atoms with E-state index < -0.39 is 29.9 Å². The van der Waals surface area contributed by atoms with Crippen molar-refractivity contribution < 1.29 is 47.6 Å². The van der Waals surface area contributed by atoms with Crippen LogP contribution in [0.25, 0.3) is 0 Å². The molecule has 352 valence electrons. The normalized spacial score (nSPS) is 24.6. The van der Waals surface area contributed by atoms with Gasteiger partial charge in [-0.25, -0.2) is 8.78 Å². The highest BCUT2D eigenvalue weighted by Crippen LogP contribution is 2.62. The molecule has 1 unspecified atom stereocenters. The maximum atomic E-state index is 15.3. The maximum Gasteiger partial charge on any atom is 0.254 e. The van der Waals surface area contributed by atoms with Crippen LogP contribution in [0.2, 0.25) is 0 Å². The number of nitriles is 1. The Kier molecular flexibility index (Phi) is 15.8. The van der Waals surface area contributed by atoms with Crippen molar-refractivity contribution in [3.63, 3.8) is 0 Å². The van der Waals surface area contributed by atoms with Crippen molar-refractivity contribution in [3.8, 4) is 17.6 Å². The molecule has 1 saturated heterocycles. The van der Waals surface area contributed by atoms with Crippen LogP contribution >= 0.6 is 0 Å². The van der Waals surface area contributed by atoms with Gasteiger partial charge >= 0.3 is 0 Å². The Morgan fingerprint density at radius 1 is 0.970 bits per heavy atom. The van der Waals surface area contributed by atoms with E-state index in [0.29, 0.717) is 65.3 Å². The molecule has 1 saturated carbocycles. The molecule has 11 nitrogen and oxygen atoms in total. The molecule has 4 aromatic carbocycles. The van der Waals surface area contributed by atoms with Gasteiger partial charge in [0.2, 0.25) is 12.1 Å². The van der Waals surface area contributed by atoms with Crippen LogP contribution in [0.5, 0.6) is 11.5 Å². The quantitative estimate of drug-likeness (QED) is 0.0503. The van der Waals surface area contributed by atoms with Gasteiger partial charge in [-0.05, 0) is 122 Å². The molecule has 7 atom stereocenters. The van der Waals surface area contributed by atoms with Crippen LogP contribution in [-0.2, 0) is 27.5 Å². The number of nitrogens with zero attached hydrogens (tertiary/aromatic N) is 3. The van der Waals surface area contributed by atoms with Gasteiger partial charge in [0.15, 0.2) is 0 Å². The standard InChI is InChI=1S/C54H59F2N3O8/c1-2-28-65-54-49(59(34-37-18-22-41(55)23-19-37)53(62)38-20-16-36(33-57)17-21-38)32-47(58-67-50-15-7-10-29-63-50)44-30-39(11-5-8-26-60)43(13-6-9-27-61)51(52(44)54)45-31-42(24-25-48(45)66-54)64-35-40-12-3-4-14-46(40)56/h2-4,12,14,16-25,30-31,39,43,49-52,60-61H,1,5-11,13,15,26-29,32,34-35H2/t39-,43+,49-,50?,51+,52+,54+/m0/s1. The number of aliphatic hydroxyl groups excluding tert-OH is 2. The highest BCUT2D eigenvalue weighted by atomic mass is 19.1. The number of halogens is 2. The number of unbranched alkanes of at least 4 members (excludes halogenated alkanes) is 2. The van der Waals surface area contributed by atoms with Crippen molar-refractivity contribution in [1.82, 2.24) is 4.90 Å². The summed E-state index contributed by atoms with van der Waals surface area (Å²) in [6, 6.07) is 25.8. The summed E-state index contributed by atoms with van der Waals surface area (Å²) >= 11 is 0. The van der Waals surface area contributed by atoms with E-state index in [1.54, 1.807) is 71.6 Å². The first-order valence-electron chi connectivity index (χ1n) is 23.5. The molecule has 2 N–H and O–H groups in total. The minimum absolute atomic E-state index is 0.00305. The zero-order chi connectivity index (χ0) is 46.8. The van der Waals surface area contributed by atoms with E-state index in [1.807, 2.05) is 12.1 Å². The first-order chi connectivity index (χ1) is 32.8. The average Bonchev–Trinajstić information content (AvgIpc) is 3.36. The first kappa shape index (κ1) is 47.6. The summed E-state index contributed by atoms with van der Waals surface area (Å²) in [6.07, 6.45) is 10.2. The molecule has 8 rings (SSSR count). The van der Waals surface area contributed by atoms with E-state index in [1.165, 1.54) is 18.2 Å². The topological polar surface area (TPSA) is 143 Å². The number of aliphatic hydroxyl groups is 2. The molecule has 4 aliphatic rings. The number of rotatable bonds is 20. The summed E-state index contributed by atoms with van der Waals surface area (Å²) in [4.78, 5) is 23.4. The summed E-state index contributed by atoms with van der Waals surface area (Å²) in [5.41, 5.74) is 4.09. The zero-order valence-electron chi connectivity index (χ0n) is 37.7. The molecule has 0 bridgehead atoms. The molecule has 0 spiro atoms. The summed E-state index contributed by atoms with van der Waals surface area (Å²) < 4.78 is 56.2. The van der Waals surface area contributed by atoms with E-state index in [4.69, 9.17) is 28.9 Å². The molecule has 1 amide bonds. The number of benzene rings is 4. The van der Waals surface area contributed by atoms with Gasteiger partial charge in [0, 0.05) is 55.2 Å². The van der Waals surface area contributed by atoms with Gasteiger partial charge in [0.25, 0.3) is 5.91 Å². The Morgan fingerprint density at radius 2 is 1.75 bits per heavy atom. The van der Waals surface area contributed by atoms with Crippen molar-refractivity contribution in [2.45, 2.75) is 101 Å². The van der Waals surface area contributed by atoms with Gasteiger partial charge in [0.1, 0.15) is 35.8 Å². The van der Waals surface area contributed by atoms with Gasteiger partial charge in [0.05, 0.1) is 36.5 Å². The van der Waals surface area contributed by atoms with Gasteiger partial charge in [-0.1, -0.05) is 60.5 Å². The Bertz CT molecular complexity index is 2430. The van der Waals surface area contributed by atoms with E-state index in [2.05, 4.69) is 18.7 Å². The lowest BCUT2D eigenvalue weighted by molar-refractivity contribution is -0.255. The molecule has 67 heavy (non-hydrogen) atoms. The van der Waals surface area contributed by atoms with Gasteiger partial charge < -0.3 is 38.9 Å². The van der Waals surface area contributed by atoms with Gasteiger partial charge in [-0.3, -0.25) is 4.79 Å². The third-order valence-electron chi connectivity index (χ3n) is 13.6. The number of hydrogen-bond donors (Lipinski definition) is 2. The van der Waals surface area contributed by atoms with E-state index in [-0.39, 0.29) is 68.9 Å². The van der Waals surface area contributed by atoms with Crippen molar-refractivity contribution >= 4 is 11.6 Å². The summed E-state index contributed by atoms with van der Waals surface area (Å²) in [5, 5.41) is 34.6. The average molecular weight is 916 g/mol. The van der Waals surface area contributed by atoms with Crippen molar-refractivity contribution in [2.24, 2.45) is 22.9 Å². The van der Waals surface area contributed by atoms with Crippen LogP contribution in [0.3, 0.4) is 0 Å². The number of oxime groups is 1. The Balaban J connectivity index is 1.35. The highest BCUT2D eigenvalue weighted by molar-refractivity contribution is 6.03. The molecular weight excluding hydrogens is 857 g/mol. The van der Waals surface area contributed by atoms with Crippen LogP contribution in [0.1, 0.15) is 103 Å². The van der Waals surface area contributed by atoms with E-state index >= 15 is 4.79 Å². The smallest absolute Gasteiger partial charge is 0.254 e. The number of hydrogen-bond acceptors (Lipinski definition) is 10. The fourth-order valence-corrected chi connectivity index (χ4v) is 10.4. The molecule has 0 radical (unpaired) electrons. The third-order valence-corrected chi connectivity index (χ3v) is 13.6. The predicted molar refractivity (Wildman–Crippen MR) is 248 cm³/mol. The lowest BCUT2D eigenvalue weighted by atomic mass is 9.55. The first-order valence-corrected chi connectivity index (χ1v) is 23.5. The molecule has 13 heteroatoms. The van der Waals surface area contributed by atoms with Crippen LogP contribution in [0.15, 0.2) is 120 Å². The number of carbonyl (C=O) groups excluding carboxylic acids is 1. The molecule has 2 aliphatic heterocycles. The number of amides is 1. The number of fused-ring (bicyclic) bond motifs is 2. The minimum Gasteiger partial charge on any atom is -0.489 e. The van der Waals surface area contributed by atoms with Crippen molar-refractivity contribution in [2.75, 3.05) is 26.4 Å². The SMILES string of the molecule is C=CCO[C@@]12Oc3ccc(OCc4ccccc4F)cc3[C@H]3[C@H](CCCCO)[C@@H](CCCCO)C=C(C(=NOC4CCCCO4)C[C@@H]1N(Cc1ccc(F)cc1)C(=O)c1ccc(C#N)cc1)[C@H]32. The summed E-state index contributed by atoms with van der Waals surface area (Å²) in [6.45, 7) is 4.75. The fourth-order valence-electron chi connectivity index (χ4n) is 10.4.